The lowest BCUT2D eigenvalue weighted by Gasteiger charge is -2.11. The Morgan fingerprint density at radius 3 is 2.45 bits per heavy atom. The van der Waals surface area contributed by atoms with Crippen LogP contribution in [0.5, 0.6) is 0 Å². The van der Waals surface area contributed by atoms with Gasteiger partial charge < -0.3 is 11.1 Å². The highest BCUT2D eigenvalue weighted by Crippen LogP contribution is 2.28. The van der Waals surface area contributed by atoms with Gasteiger partial charge in [-0.15, -0.1) is 12.4 Å². The molecule has 1 saturated carbocycles. The number of rotatable bonds is 4. The highest BCUT2D eigenvalue weighted by atomic mass is 35.5. The Bertz CT molecular complexity index is 445. The van der Waals surface area contributed by atoms with Crippen molar-refractivity contribution in [2.75, 3.05) is 5.32 Å². The lowest BCUT2D eigenvalue weighted by molar-refractivity contribution is -0.119. The predicted octanol–water partition coefficient (Wildman–Crippen LogP) is 3.49. The van der Waals surface area contributed by atoms with Crippen molar-refractivity contribution in [2.24, 2.45) is 11.7 Å². The molecule has 112 valence electrons. The van der Waals surface area contributed by atoms with Crippen LogP contribution in [0.15, 0.2) is 29.2 Å². The largest absolute Gasteiger partial charge is 0.328 e. The van der Waals surface area contributed by atoms with Crippen molar-refractivity contribution in [3.8, 4) is 0 Å². The molecular formula is C13H17ClF2N2OS. The van der Waals surface area contributed by atoms with E-state index in [1.54, 1.807) is 24.3 Å². The van der Waals surface area contributed by atoms with Gasteiger partial charge in [0.15, 0.2) is 0 Å². The van der Waals surface area contributed by atoms with Crippen molar-refractivity contribution in [1.29, 1.82) is 0 Å². The Hall–Kier alpha value is -0.850. The van der Waals surface area contributed by atoms with E-state index < -0.39 is 5.76 Å². The molecule has 0 aromatic heterocycles. The summed E-state index contributed by atoms with van der Waals surface area (Å²) in [6.07, 6.45) is 2.40. The predicted molar refractivity (Wildman–Crippen MR) is 79.5 cm³/mol. The fraction of sp³-hybridized carbons (Fsp3) is 0.462. The molecule has 1 aliphatic carbocycles. The van der Waals surface area contributed by atoms with Crippen LogP contribution in [0.3, 0.4) is 0 Å². The minimum absolute atomic E-state index is 0. The topological polar surface area (TPSA) is 55.1 Å². The third-order valence-electron chi connectivity index (χ3n) is 3.19. The zero-order valence-electron chi connectivity index (χ0n) is 10.7. The molecule has 2 rings (SSSR count). The first-order valence-corrected chi connectivity index (χ1v) is 7.04. The minimum Gasteiger partial charge on any atom is -0.328 e. The van der Waals surface area contributed by atoms with E-state index in [0.717, 1.165) is 12.8 Å². The van der Waals surface area contributed by atoms with Crippen LogP contribution >= 0.6 is 24.2 Å². The molecule has 0 radical (unpaired) electrons. The van der Waals surface area contributed by atoms with Crippen molar-refractivity contribution < 1.29 is 13.6 Å². The number of alkyl halides is 2. The molecule has 0 saturated heterocycles. The Balaban J connectivity index is 0.00000200. The number of anilines is 1. The number of benzene rings is 1. The number of carbonyl (C=O) groups excluding carboxylic acids is 1. The fourth-order valence-corrected chi connectivity index (χ4v) is 2.72. The normalized spacial score (nSPS) is 21.6. The number of thioether (sulfide) groups is 1. The number of nitrogens with two attached hydrogens (primary N) is 1. The minimum atomic E-state index is -2.43. The lowest BCUT2D eigenvalue weighted by Crippen LogP contribution is -2.23. The van der Waals surface area contributed by atoms with Gasteiger partial charge in [-0.05, 0) is 43.5 Å². The summed E-state index contributed by atoms with van der Waals surface area (Å²) < 4.78 is 24.3. The lowest BCUT2D eigenvalue weighted by atomic mass is 10.1. The maximum Gasteiger partial charge on any atom is 0.288 e. The summed E-state index contributed by atoms with van der Waals surface area (Å²) in [5.74, 6) is -2.51. The van der Waals surface area contributed by atoms with Crippen LogP contribution in [0.4, 0.5) is 14.5 Å². The van der Waals surface area contributed by atoms with E-state index in [0.29, 0.717) is 28.8 Å². The molecule has 0 aliphatic heterocycles. The van der Waals surface area contributed by atoms with E-state index in [4.69, 9.17) is 5.73 Å². The molecule has 1 fully saturated rings. The molecule has 3 nitrogen and oxygen atoms in total. The standard InChI is InChI=1S/C13H16F2N2OS.ClH/c14-13(15)19-11-5-3-10(4-6-11)17-12(18)8-1-2-9(16)7-8;/h3-6,8-9,13H,1-2,7,16H2,(H,17,18);1H. The Labute approximate surface area is 127 Å². The summed E-state index contributed by atoms with van der Waals surface area (Å²) in [7, 11) is 0. The van der Waals surface area contributed by atoms with Crippen molar-refractivity contribution in [1.82, 2.24) is 0 Å². The van der Waals surface area contributed by atoms with Gasteiger partial charge >= 0.3 is 0 Å². The average molecular weight is 323 g/mol. The summed E-state index contributed by atoms with van der Waals surface area (Å²) in [6.45, 7) is 0. The van der Waals surface area contributed by atoms with Crippen LogP contribution in [-0.2, 0) is 4.79 Å². The average Bonchev–Trinajstić information content (AvgIpc) is 2.78. The van der Waals surface area contributed by atoms with Gasteiger partial charge in [-0.1, -0.05) is 11.8 Å². The van der Waals surface area contributed by atoms with Crippen molar-refractivity contribution in [3.05, 3.63) is 24.3 Å². The zero-order chi connectivity index (χ0) is 13.8. The fourth-order valence-electron chi connectivity index (χ4n) is 2.22. The molecule has 20 heavy (non-hydrogen) atoms. The van der Waals surface area contributed by atoms with Crippen molar-refractivity contribution in [2.45, 2.75) is 36.0 Å². The van der Waals surface area contributed by atoms with Crippen LogP contribution in [0.25, 0.3) is 0 Å². The van der Waals surface area contributed by atoms with E-state index in [9.17, 15) is 13.6 Å². The summed E-state index contributed by atoms with van der Waals surface area (Å²) in [5.41, 5.74) is 6.40. The van der Waals surface area contributed by atoms with Crippen LogP contribution in [0, 0.1) is 5.92 Å². The van der Waals surface area contributed by atoms with Gasteiger partial charge in [0.25, 0.3) is 5.76 Å². The number of nitrogens with one attached hydrogen (secondary N) is 1. The maximum absolute atomic E-state index is 12.2. The van der Waals surface area contributed by atoms with Gasteiger partial charge in [0, 0.05) is 22.5 Å². The third-order valence-corrected chi connectivity index (χ3v) is 3.91. The summed E-state index contributed by atoms with van der Waals surface area (Å²) >= 11 is 0.489. The highest BCUT2D eigenvalue weighted by molar-refractivity contribution is 7.99. The van der Waals surface area contributed by atoms with Gasteiger partial charge in [-0.25, -0.2) is 0 Å². The first kappa shape index (κ1) is 17.2. The molecule has 1 amide bonds. The first-order valence-electron chi connectivity index (χ1n) is 6.16. The van der Waals surface area contributed by atoms with E-state index in [1.807, 2.05) is 0 Å². The molecule has 2 unspecified atom stereocenters. The maximum atomic E-state index is 12.2. The number of hydrogen-bond donors (Lipinski definition) is 2. The van der Waals surface area contributed by atoms with Gasteiger partial charge in [0.1, 0.15) is 0 Å². The molecule has 1 aromatic carbocycles. The molecule has 1 aromatic rings. The molecule has 2 atom stereocenters. The molecule has 7 heteroatoms. The van der Waals surface area contributed by atoms with E-state index in [1.165, 1.54) is 0 Å². The van der Waals surface area contributed by atoms with Crippen molar-refractivity contribution >= 4 is 35.8 Å². The Morgan fingerprint density at radius 2 is 1.95 bits per heavy atom. The smallest absolute Gasteiger partial charge is 0.288 e. The summed E-state index contributed by atoms with van der Waals surface area (Å²) in [4.78, 5) is 12.4. The second-order valence-corrected chi connectivity index (χ2v) is 5.73. The zero-order valence-corrected chi connectivity index (χ0v) is 12.4. The molecule has 0 bridgehead atoms. The molecule has 0 spiro atoms. The quantitative estimate of drug-likeness (QED) is 0.834. The van der Waals surface area contributed by atoms with E-state index in [-0.39, 0.29) is 30.3 Å². The second-order valence-electron chi connectivity index (χ2n) is 4.66. The van der Waals surface area contributed by atoms with Gasteiger partial charge in [0.05, 0.1) is 0 Å². The number of hydrogen-bond acceptors (Lipinski definition) is 3. The molecule has 0 heterocycles. The summed E-state index contributed by atoms with van der Waals surface area (Å²) in [6, 6.07) is 6.54. The SMILES string of the molecule is Cl.NC1CCC(C(=O)Nc2ccc(SC(F)F)cc2)C1. The van der Waals surface area contributed by atoms with Crippen LogP contribution in [0.1, 0.15) is 19.3 Å². The van der Waals surface area contributed by atoms with Crippen molar-refractivity contribution in [3.63, 3.8) is 0 Å². The molecule has 3 N–H and O–H groups in total. The molecular weight excluding hydrogens is 306 g/mol. The highest BCUT2D eigenvalue weighted by Gasteiger charge is 2.27. The molecule has 1 aliphatic rings. The van der Waals surface area contributed by atoms with Crippen LogP contribution in [-0.4, -0.2) is 17.7 Å². The van der Waals surface area contributed by atoms with Crippen LogP contribution < -0.4 is 11.1 Å². The third kappa shape index (κ3) is 4.92. The summed E-state index contributed by atoms with van der Waals surface area (Å²) in [5, 5.41) is 2.79. The Kier molecular flexibility index (Phi) is 6.71. The van der Waals surface area contributed by atoms with Crippen LogP contribution in [0.2, 0.25) is 0 Å². The monoisotopic (exact) mass is 322 g/mol. The number of halogens is 3. The Morgan fingerprint density at radius 1 is 1.30 bits per heavy atom. The second kappa shape index (κ2) is 7.81. The van der Waals surface area contributed by atoms with Gasteiger partial charge in [-0.2, -0.15) is 8.78 Å². The first-order chi connectivity index (χ1) is 9.04. The van der Waals surface area contributed by atoms with E-state index >= 15 is 0 Å². The van der Waals surface area contributed by atoms with Gasteiger partial charge in [0.2, 0.25) is 5.91 Å². The van der Waals surface area contributed by atoms with E-state index in [2.05, 4.69) is 5.32 Å². The van der Waals surface area contributed by atoms with Gasteiger partial charge in [-0.3, -0.25) is 4.79 Å². The number of carbonyl (C=O) groups is 1. The number of amides is 1.